The number of carbonyl (C=O) groups is 1. The van der Waals surface area contributed by atoms with E-state index in [1.54, 1.807) is 0 Å². The minimum absolute atomic E-state index is 0.273. The number of nitrogens with one attached hydrogen (secondary N) is 1. The molecule has 0 aromatic heterocycles. The largest absolute Gasteiger partial charge is 0.353 e. The van der Waals surface area contributed by atoms with Gasteiger partial charge in [0, 0.05) is 18.0 Å². The van der Waals surface area contributed by atoms with Gasteiger partial charge in [0.05, 0.1) is 0 Å². The van der Waals surface area contributed by atoms with Crippen LogP contribution in [0.3, 0.4) is 0 Å². The molecule has 1 saturated heterocycles. The highest BCUT2D eigenvalue weighted by Gasteiger charge is 2.59. The predicted molar refractivity (Wildman–Crippen MR) is 89.5 cm³/mol. The van der Waals surface area contributed by atoms with Gasteiger partial charge >= 0.3 is 0 Å². The summed E-state index contributed by atoms with van der Waals surface area (Å²) in [5.74, 6) is 2.71. The minimum atomic E-state index is 0.273. The topological polar surface area (TPSA) is 29.1 Å². The normalized spacial score (nSPS) is 52.7. The fraction of sp³-hybridized carbons (Fsp3) is 0.842. The van der Waals surface area contributed by atoms with Gasteiger partial charge in [0.25, 0.3) is 0 Å². The van der Waals surface area contributed by atoms with Crippen LogP contribution in [-0.4, -0.2) is 11.9 Å². The number of rotatable bonds is 0. The molecule has 3 aliphatic carbocycles. The Morgan fingerprint density at radius 2 is 1.91 bits per heavy atom. The monoisotopic (exact) mass is 321 g/mol. The fourth-order valence-corrected chi connectivity index (χ4v) is 7.09. The Morgan fingerprint density at radius 3 is 2.68 bits per heavy atom. The van der Waals surface area contributed by atoms with Crippen LogP contribution in [0, 0.1) is 28.6 Å². The first-order chi connectivity index (χ1) is 10.5. The molecule has 0 bridgehead atoms. The van der Waals surface area contributed by atoms with E-state index in [1.807, 2.05) is 5.54 Å². The predicted octanol–water partition coefficient (Wildman–Crippen LogP) is 4.63. The first-order valence-electron chi connectivity index (χ1n) is 9.08. The van der Waals surface area contributed by atoms with Gasteiger partial charge in [-0.15, -0.1) is 0 Å². The lowest BCUT2D eigenvalue weighted by molar-refractivity contribution is -0.134. The second kappa shape index (κ2) is 5.00. The Kier molecular flexibility index (Phi) is 3.42. The molecule has 3 heteroatoms. The summed E-state index contributed by atoms with van der Waals surface area (Å²) in [4.78, 5) is 11.8. The van der Waals surface area contributed by atoms with Gasteiger partial charge in [-0.1, -0.05) is 31.0 Å². The maximum absolute atomic E-state index is 11.8. The highest BCUT2D eigenvalue weighted by atomic mass is 35.5. The van der Waals surface area contributed by atoms with Crippen LogP contribution >= 0.6 is 11.6 Å². The van der Waals surface area contributed by atoms with E-state index < -0.39 is 0 Å². The first kappa shape index (κ1) is 15.1. The van der Waals surface area contributed by atoms with Crippen LogP contribution < -0.4 is 5.32 Å². The van der Waals surface area contributed by atoms with Crippen molar-refractivity contribution in [2.75, 3.05) is 0 Å². The molecule has 122 valence electrons. The quantitative estimate of drug-likeness (QED) is 0.692. The Balaban J connectivity index is 1.65. The summed E-state index contributed by atoms with van der Waals surface area (Å²) in [5, 5.41) is 3.31. The molecule has 0 aromatic carbocycles. The molecule has 4 fully saturated rings. The third kappa shape index (κ3) is 1.89. The van der Waals surface area contributed by atoms with E-state index in [-0.39, 0.29) is 5.91 Å². The maximum Gasteiger partial charge on any atom is 0.220 e. The van der Waals surface area contributed by atoms with Crippen molar-refractivity contribution in [2.45, 2.75) is 71.3 Å². The van der Waals surface area contributed by atoms with Gasteiger partial charge in [0.15, 0.2) is 0 Å². The molecule has 1 amide bonds. The third-order valence-electron chi connectivity index (χ3n) is 8.07. The summed E-state index contributed by atoms with van der Waals surface area (Å²) in [7, 11) is 0. The summed E-state index contributed by atoms with van der Waals surface area (Å²) >= 11 is 6.14. The van der Waals surface area contributed by atoms with Crippen molar-refractivity contribution in [3.63, 3.8) is 0 Å². The van der Waals surface area contributed by atoms with Crippen LogP contribution in [0.2, 0.25) is 0 Å². The minimum Gasteiger partial charge on any atom is -0.353 e. The number of allylic oxidation sites excluding steroid dienone is 1. The average molecular weight is 322 g/mol. The molecule has 1 aliphatic heterocycles. The summed E-state index contributed by atoms with van der Waals surface area (Å²) in [6.45, 7) is 4.93. The standard InChI is InChI=1S/C19H28ClNO/c1-18-9-7-15-13(14(18)5-3-12(18)11-20)4-6-16-19(15,2)10-8-17(22)21-16/h11,13-16H,3-10H2,1-2H3,(H,21,22)/b12-11+/t13-,14-,15-,16?,18+,19+/m0/s1. The van der Waals surface area contributed by atoms with Crippen LogP contribution in [-0.2, 0) is 4.79 Å². The van der Waals surface area contributed by atoms with Crippen molar-refractivity contribution in [2.24, 2.45) is 28.6 Å². The number of halogens is 1. The number of hydrogen-bond acceptors (Lipinski definition) is 1. The van der Waals surface area contributed by atoms with Crippen LogP contribution in [0.15, 0.2) is 11.1 Å². The number of piperidine rings is 1. The average Bonchev–Trinajstić information content (AvgIpc) is 2.84. The highest BCUT2D eigenvalue weighted by Crippen LogP contribution is 2.65. The van der Waals surface area contributed by atoms with Gasteiger partial charge in [-0.05, 0) is 73.5 Å². The van der Waals surface area contributed by atoms with Crippen molar-refractivity contribution >= 4 is 17.5 Å². The van der Waals surface area contributed by atoms with Crippen molar-refractivity contribution in [3.05, 3.63) is 11.1 Å². The summed E-state index contributed by atoms with van der Waals surface area (Å²) in [5.41, 5.74) is 4.06. The zero-order valence-electron chi connectivity index (χ0n) is 13.8. The van der Waals surface area contributed by atoms with E-state index in [9.17, 15) is 4.79 Å². The molecule has 0 aromatic rings. The fourth-order valence-electron chi connectivity index (χ4n) is 6.73. The van der Waals surface area contributed by atoms with Gasteiger partial charge < -0.3 is 5.32 Å². The molecular weight excluding hydrogens is 294 g/mol. The summed E-state index contributed by atoms with van der Waals surface area (Å²) in [6, 6.07) is 0.420. The van der Waals surface area contributed by atoms with E-state index in [0.717, 1.165) is 30.6 Å². The first-order valence-corrected chi connectivity index (χ1v) is 9.52. The number of amides is 1. The molecule has 0 radical (unpaired) electrons. The lowest BCUT2D eigenvalue weighted by Gasteiger charge is -2.59. The lowest BCUT2D eigenvalue weighted by atomic mass is 9.47. The second-order valence-corrected chi connectivity index (χ2v) is 8.93. The van der Waals surface area contributed by atoms with Gasteiger partial charge in [0.2, 0.25) is 5.91 Å². The molecule has 2 nitrogen and oxygen atoms in total. The second-order valence-electron chi connectivity index (χ2n) is 8.71. The van der Waals surface area contributed by atoms with Crippen LogP contribution in [0.25, 0.3) is 0 Å². The molecule has 1 unspecified atom stereocenters. The van der Waals surface area contributed by atoms with Gasteiger partial charge in [-0.3, -0.25) is 4.79 Å². The maximum atomic E-state index is 11.8. The number of fused-ring (bicyclic) bond motifs is 5. The number of carbonyl (C=O) groups excluding carboxylic acids is 1. The zero-order valence-corrected chi connectivity index (χ0v) is 14.6. The molecule has 4 rings (SSSR count). The van der Waals surface area contributed by atoms with E-state index in [0.29, 0.717) is 16.9 Å². The van der Waals surface area contributed by atoms with Gasteiger partial charge in [-0.2, -0.15) is 0 Å². The molecule has 4 aliphatic rings. The van der Waals surface area contributed by atoms with Gasteiger partial charge in [0.1, 0.15) is 0 Å². The zero-order chi connectivity index (χ0) is 15.5. The van der Waals surface area contributed by atoms with Crippen LogP contribution in [0.5, 0.6) is 0 Å². The molecule has 6 atom stereocenters. The molecule has 1 heterocycles. The van der Waals surface area contributed by atoms with Crippen molar-refractivity contribution < 1.29 is 4.79 Å². The van der Waals surface area contributed by atoms with E-state index in [1.165, 1.54) is 44.1 Å². The molecule has 1 N–H and O–H groups in total. The van der Waals surface area contributed by atoms with Crippen LogP contribution in [0.4, 0.5) is 0 Å². The van der Waals surface area contributed by atoms with E-state index in [2.05, 4.69) is 19.2 Å². The molecule has 0 spiro atoms. The highest BCUT2D eigenvalue weighted by molar-refractivity contribution is 6.25. The summed E-state index contributed by atoms with van der Waals surface area (Å²) < 4.78 is 0. The van der Waals surface area contributed by atoms with Crippen molar-refractivity contribution in [1.29, 1.82) is 0 Å². The Hall–Kier alpha value is -0.500. The Bertz CT molecular complexity index is 530. The van der Waals surface area contributed by atoms with Crippen molar-refractivity contribution in [1.82, 2.24) is 5.32 Å². The molecule has 3 saturated carbocycles. The Morgan fingerprint density at radius 1 is 1.09 bits per heavy atom. The SMILES string of the molecule is C[C@]12CCC(=O)NC1CC[C@@H]1[C@@H]2CC[C@]2(C)/C(=C/Cl)CC[C@@H]12. The van der Waals surface area contributed by atoms with Crippen LogP contribution in [0.1, 0.15) is 65.2 Å². The smallest absolute Gasteiger partial charge is 0.220 e. The van der Waals surface area contributed by atoms with Crippen molar-refractivity contribution in [3.8, 4) is 0 Å². The van der Waals surface area contributed by atoms with Gasteiger partial charge in [-0.25, -0.2) is 0 Å². The number of hydrogen-bond donors (Lipinski definition) is 1. The van der Waals surface area contributed by atoms with E-state index in [4.69, 9.17) is 11.6 Å². The Labute approximate surface area is 139 Å². The van der Waals surface area contributed by atoms with E-state index >= 15 is 0 Å². The summed E-state index contributed by atoms with van der Waals surface area (Å²) in [6.07, 6.45) is 9.41. The molecular formula is C19H28ClNO. The third-order valence-corrected chi connectivity index (χ3v) is 8.34. The molecule has 22 heavy (non-hydrogen) atoms. The lowest BCUT2D eigenvalue weighted by Crippen LogP contribution is -2.60.